The van der Waals surface area contributed by atoms with Gasteiger partial charge in [0.1, 0.15) is 0 Å². The maximum absolute atomic E-state index is 12.8. The van der Waals surface area contributed by atoms with Gasteiger partial charge in [-0.15, -0.1) is 0 Å². The van der Waals surface area contributed by atoms with Crippen LogP contribution in [0.3, 0.4) is 0 Å². The Hall–Kier alpha value is -1.44. The first-order valence-electron chi connectivity index (χ1n) is 10.2. The van der Waals surface area contributed by atoms with Crippen molar-refractivity contribution >= 4 is 10.0 Å². The highest BCUT2D eigenvalue weighted by Crippen LogP contribution is 2.30. The zero-order chi connectivity index (χ0) is 20.3. The number of pyridine rings is 1. The standard InChI is InChI=1S/C21H32N2O4S/c1-4-5-16-7-11-18(12-8-16)27-14-20-19(22-28(3,25)26)13-10-17-9-6-15(2)21(24)23(17)20/h4-6,9,16,18-20,22H,7-8,10-14H2,1-3H3/b5-4+. The summed E-state index contributed by atoms with van der Waals surface area (Å²) < 4.78 is 34.4. The number of fused-ring (bicyclic) bond motifs is 1. The molecule has 1 aromatic heterocycles. The van der Waals surface area contributed by atoms with Gasteiger partial charge in [0.05, 0.1) is 25.0 Å². The summed E-state index contributed by atoms with van der Waals surface area (Å²) in [4.78, 5) is 12.8. The Bertz CT molecular complexity index is 867. The second-order valence-electron chi connectivity index (χ2n) is 8.18. The molecule has 1 fully saturated rings. The molecule has 28 heavy (non-hydrogen) atoms. The molecule has 2 atom stereocenters. The third-order valence-electron chi connectivity index (χ3n) is 5.95. The minimum absolute atomic E-state index is 0.0529. The van der Waals surface area contributed by atoms with Crippen LogP contribution in [0.5, 0.6) is 0 Å². The van der Waals surface area contributed by atoms with Gasteiger partial charge in [0, 0.05) is 17.3 Å². The van der Waals surface area contributed by atoms with Crippen LogP contribution in [0.15, 0.2) is 29.1 Å². The number of aryl methyl sites for hydroxylation is 2. The smallest absolute Gasteiger partial charge is 0.254 e. The molecule has 1 N–H and O–H groups in total. The molecular formula is C21H32N2O4S. The van der Waals surface area contributed by atoms with Crippen LogP contribution in [0.2, 0.25) is 0 Å². The number of hydrogen-bond acceptors (Lipinski definition) is 4. The van der Waals surface area contributed by atoms with E-state index >= 15 is 0 Å². The van der Waals surface area contributed by atoms with Crippen molar-refractivity contribution in [3.63, 3.8) is 0 Å². The molecule has 0 bridgehead atoms. The first kappa shape index (κ1) is 21.3. The monoisotopic (exact) mass is 408 g/mol. The van der Waals surface area contributed by atoms with E-state index in [1.807, 2.05) is 12.1 Å². The van der Waals surface area contributed by atoms with Crippen molar-refractivity contribution < 1.29 is 13.2 Å². The van der Waals surface area contributed by atoms with Gasteiger partial charge in [0.15, 0.2) is 0 Å². The highest BCUT2D eigenvalue weighted by Gasteiger charge is 2.33. The summed E-state index contributed by atoms with van der Waals surface area (Å²) in [5, 5.41) is 0. The fourth-order valence-electron chi connectivity index (χ4n) is 4.49. The van der Waals surface area contributed by atoms with E-state index < -0.39 is 10.0 Å². The Balaban J connectivity index is 1.77. The topological polar surface area (TPSA) is 77.4 Å². The van der Waals surface area contributed by atoms with Crippen LogP contribution in [-0.4, -0.2) is 38.0 Å². The lowest BCUT2D eigenvalue weighted by atomic mass is 9.87. The van der Waals surface area contributed by atoms with Crippen LogP contribution >= 0.6 is 0 Å². The minimum atomic E-state index is -3.37. The average molecular weight is 409 g/mol. The van der Waals surface area contributed by atoms with Crippen molar-refractivity contribution in [1.29, 1.82) is 0 Å². The molecule has 2 heterocycles. The van der Waals surface area contributed by atoms with E-state index in [1.54, 1.807) is 11.5 Å². The Kier molecular flexibility index (Phi) is 6.78. The Labute approximate surface area is 168 Å². The molecule has 1 aromatic rings. The first-order chi connectivity index (χ1) is 13.3. The SMILES string of the molecule is C/C=C/C1CCC(OCC2C(NS(C)(=O)=O)CCc3ccc(C)c(=O)n32)CC1. The van der Waals surface area contributed by atoms with E-state index in [2.05, 4.69) is 23.8 Å². The Morgan fingerprint density at radius 1 is 1.21 bits per heavy atom. The van der Waals surface area contributed by atoms with Crippen molar-refractivity contribution in [2.75, 3.05) is 12.9 Å². The fourth-order valence-corrected chi connectivity index (χ4v) is 5.32. The van der Waals surface area contributed by atoms with Crippen LogP contribution < -0.4 is 10.3 Å². The number of aromatic nitrogens is 1. The third-order valence-corrected chi connectivity index (χ3v) is 6.68. The van der Waals surface area contributed by atoms with E-state index in [4.69, 9.17) is 4.74 Å². The van der Waals surface area contributed by atoms with Gasteiger partial charge in [0.2, 0.25) is 10.0 Å². The summed E-state index contributed by atoms with van der Waals surface area (Å²) in [6.07, 6.45) is 11.3. The largest absolute Gasteiger partial charge is 0.376 e. The molecule has 0 amide bonds. The molecule has 0 aromatic carbocycles. The average Bonchev–Trinajstić information content (AvgIpc) is 2.64. The van der Waals surface area contributed by atoms with E-state index in [0.29, 0.717) is 30.9 Å². The summed E-state index contributed by atoms with van der Waals surface area (Å²) >= 11 is 0. The number of rotatable bonds is 6. The van der Waals surface area contributed by atoms with Crippen molar-refractivity contribution in [2.45, 2.75) is 70.6 Å². The van der Waals surface area contributed by atoms with E-state index in [-0.39, 0.29) is 23.7 Å². The fraction of sp³-hybridized carbons (Fsp3) is 0.667. The zero-order valence-corrected chi connectivity index (χ0v) is 17.9. The van der Waals surface area contributed by atoms with Gasteiger partial charge in [-0.1, -0.05) is 18.2 Å². The molecule has 1 aliphatic heterocycles. The molecule has 2 aliphatic rings. The maximum Gasteiger partial charge on any atom is 0.254 e. The van der Waals surface area contributed by atoms with Gasteiger partial charge < -0.3 is 9.30 Å². The van der Waals surface area contributed by atoms with Crippen LogP contribution in [-0.2, 0) is 21.2 Å². The number of sulfonamides is 1. The number of nitrogens with zero attached hydrogens (tertiary/aromatic N) is 1. The summed E-state index contributed by atoms with van der Waals surface area (Å²) in [6, 6.07) is 3.17. The van der Waals surface area contributed by atoms with Crippen molar-refractivity contribution in [3.05, 3.63) is 45.9 Å². The summed E-state index contributed by atoms with van der Waals surface area (Å²) in [5.41, 5.74) is 1.57. The van der Waals surface area contributed by atoms with Gasteiger partial charge in [-0.05, 0) is 64.4 Å². The van der Waals surface area contributed by atoms with Crippen LogP contribution in [0.25, 0.3) is 0 Å². The van der Waals surface area contributed by atoms with Crippen molar-refractivity contribution in [3.8, 4) is 0 Å². The third kappa shape index (κ3) is 5.13. The molecular weight excluding hydrogens is 376 g/mol. The highest BCUT2D eigenvalue weighted by molar-refractivity contribution is 7.88. The molecule has 2 unspecified atom stereocenters. The molecule has 0 radical (unpaired) electrons. The van der Waals surface area contributed by atoms with Gasteiger partial charge >= 0.3 is 0 Å². The predicted octanol–water partition coefficient (Wildman–Crippen LogP) is 2.71. The van der Waals surface area contributed by atoms with Gasteiger partial charge in [-0.25, -0.2) is 13.1 Å². The summed E-state index contributed by atoms with van der Waals surface area (Å²) in [6.45, 7) is 4.20. The second-order valence-corrected chi connectivity index (χ2v) is 9.96. The van der Waals surface area contributed by atoms with Crippen molar-refractivity contribution in [2.24, 2.45) is 5.92 Å². The number of ether oxygens (including phenoxy) is 1. The predicted molar refractivity (Wildman–Crippen MR) is 111 cm³/mol. The first-order valence-corrected chi connectivity index (χ1v) is 12.1. The van der Waals surface area contributed by atoms with Crippen LogP contribution in [0.4, 0.5) is 0 Å². The lowest BCUT2D eigenvalue weighted by Crippen LogP contribution is -2.49. The van der Waals surface area contributed by atoms with Gasteiger partial charge in [-0.2, -0.15) is 0 Å². The lowest BCUT2D eigenvalue weighted by molar-refractivity contribution is -0.00354. The molecule has 6 nitrogen and oxygen atoms in total. The molecule has 1 aliphatic carbocycles. The molecule has 3 rings (SSSR count). The normalized spacial score (nSPS) is 28.4. The van der Waals surface area contributed by atoms with E-state index in [0.717, 1.165) is 31.4 Å². The lowest BCUT2D eigenvalue weighted by Gasteiger charge is -2.37. The van der Waals surface area contributed by atoms with Gasteiger partial charge in [-0.3, -0.25) is 4.79 Å². The quantitative estimate of drug-likeness (QED) is 0.734. The van der Waals surface area contributed by atoms with E-state index in [9.17, 15) is 13.2 Å². The molecule has 0 spiro atoms. The summed E-state index contributed by atoms with van der Waals surface area (Å²) in [7, 11) is -3.37. The molecule has 156 valence electrons. The zero-order valence-electron chi connectivity index (χ0n) is 17.1. The van der Waals surface area contributed by atoms with Crippen LogP contribution in [0, 0.1) is 12.8 Å². The second kappa shape index (κ2) is 8.93. The number of nitrogens with one attached hydrogen (secondary N) is 1. The van der Waals surface area contributed by atoms with E-state index in [1.165, 1.54) is 6.26 Å². The maximum atomic E-state index is 12.8. The Morgan fingerprint density at radius 3 is 2.57 bits per heavy atom. The number of hydrogen-bond donors (Lipinski definition) is 1. The molecule has 7 heteroatoms. The summed E-state index contributed by atoms with van der Waals surface area (Å²) in [5.74, 6) is 0.630. The van der Waals surface area contributed by atoms with Gasteiger partial charge in [0.25, 0.3) is 5.56 Å². The highest BCUT2D eigenvalue weighted by atomic mass is 32.2. The minimum Gasteiger partial charge on any atom is -0.376 e. The Morgan fingerprint density at radius 2 is 1.93 bits per heavy atom. The molecule has 1 saturated carbocycles. The van der Waals surface area contributed by atoms with Crippen molar-refractivity contribution in [1.82, 2.24) is 9.29 Å². The van der Waals surface area contributed by atoms with Crippen LogP contribution in [0.1, 0.15) is 56.3 Å². The number of allylic oxidation sites excluding steroid dienone is 2. The molecule has 0 saturated heterocycles.